The minimum absolute atomic E-state index is 0.0640. The molecule has 1 aliphatic rings. The summed E-state index contributed by atoms with van der Waals surface area (Å²) in [6.45, 7) is 0. The van der Waals surface area contributed by atoms with Gasteiger partial charge >= 0.3 is 6.18 Å². The van der Waals surface area contributed by atoms with Gasteiger partial charge in [-0.1, -0.05) is 29.8 Å². The monoisotopic (exact) mass is 436 g/mol. The summed E-state index contributed by atoms with van der Waals surface area (Å²) < 4.78 is 47.8. The van der Waals surface area contributed by atoms with Crippen LogP contribution in [0.25, 0.3) is 11.4 Å². The number of nitrogens with zero attached hydrogens (tertiary/aromatic N) is 3. The van der Waals surface area contributed by atoms with Gasteiger partial charge in [-0.3, -0.25) is 4.79 Å². The lowest BCUT2D eigenvalue weighted by Crippen LogP contribution is -2.21. The summed E-state index contributed by atoms with van der Waals surface area (Å²) >= 11 is 6.21. The maximum atomic E-state index is 13.4. The number of carbonyl (C=O) groups excluding carboxylic acids is 1. The maximum absolute atomic E-state index is 13.4. The van der Waals surface area contributed by atoms with Crippen LogP contribution in [0, 0.1) is 0 Å². The van der Waals surface area contributed by atoms with Gasteiger partial charge in [0.1, 0.15) is 5.75 Å². The van der Waals surface area contributed by atoms with Crippen molar-refractivity contribution in [3.05, 3.63) is 64.4 Å². The number of primary amides is 1. The fourth-order valence-corrected chi connectivity index (χ4v) is 3.54. The number of hydrogen-bond acceptors (Lipinski definition) is 4. The molecule has 0 bridgehead atoms. The third-order valence-electron chi connectivity index (χ3n) is 4.98. The van der Waals surface area contributed by atoms with Crippen LogP contribution in [0.15, 0.2) is 42.5 Å². The summed E-state index contributed by atoms with van der Waals surface area (Å²) in [5.41, 5.74) is 3.77. The lowest BCUT2D eigenvalue weighted by Gasteiger charge is -2.19. The van der Waals surface area contributed by atoms with Crippen LogP contribution in [0.2, 0.25) is 5.02 Å². The lowest BCUT2D eigenvalue weighted by molar-refractivity contribution is -0.137. The molecule has 3 aromatic rings. The Morgan fingerprint density at radius 3 is 2.50 bits per heavy atom. The predicted octanol–water partition coefficient (Wildman–Crippen LogP) is 4.32. The summed E-state index contributed by atoms with van der Waals surface area (Å²) in [5.74, 6) is 0.178. The topological polar surface area (TPSA) is 83.0 Å². The van der Waals surface area contributed by atoms with Crippen LogP contribution in [0.5, 0.6) is 5.75 Å². The van der Waals surface area contributed by atoms with Gasteiger partial charge in [-0.15, -0.1) is 10.2 Å². The highest BCUT2D eigenvalue weighted by Gasteiger charge is 2.52. The van der Waals surface area contributed by atoms with Gasteiger partial charge in [-0.05, 0) is 37.1 Å². The summed E-state index contributed by atoms with van der Waals surface area (Å²) in [4.78, 5) is 11.3. The molecular formula is C20H16ClF3N4O2. The molecular weight excluding hydrogens is 421 g/mol. The Balaban J connectivity index is 1.69. The number of aromatic nitrogens is 3. The van der Waals surface area contributed by atoms with Gasteiger partial charge in [0.15, 0.2) is 17.2 Å². The second-order valence-electron chi connectivity index (χ2n) is 7.06. The van der Waals surface area contributed by atoms with Crippen molar-refractivity contribution in [2.75, 3.05) is 0 Å². The Morgan fingerprint density at radius 1 is 1.20 bits per heavy atom. The average Bonchev–Trinajstić information content (AvgIpc) is 3.35. The second kappa shape index (κ2) is 7.02. The minimum atomic E-state index is -4.52. The second-order valence-corrected chi connectivity index (χ2v) is 7.46. The SMILES string of the molecule is Cn1c(-c2ccccc2C(F)(F)F)nnc1C1(Oc2ccc(C(N)=O)cc2Cl)CC1. The van der Waals surface area contributed by atoms with Gasteiger partial charge in [-0.2, -0.15) is 13.2 Å². The molecule has 4 rings (SSSR count). The first kappa shape index (κ1) is 20.2. The summed E-state index contributed by atoms with van der Waals surface area (Å²) in [7, 11) is 1.60. The number of ether oxygens (including phenoxy) is 1. The Hall–Kier alpha value is -3.07. The largest absolute Gasteiger partial charge is 0.478 e. The van der Waals surface area contributed by atoms with E-state index in [0.717, 1.165) is 6.07 Å². The van der Waals surface area contributed by atoms with Crippen molar-refractivity contribution in [3.8, 4) is 17.1 Å². The molecule has 0 unspecified atom stereocenters. The summed E-state index contributed by atoms with van der Waals surface area (Å²) in [6.07, 6.45) is -3.34. The lowest BCUT2D eigenvalue weighted by atomic mass is 10.1. The zero-order chi connectivity index (χ0) is 21.7. The van der Waals surface area contributed by atoms with Gasteiger partial charge in [0, 0.05) is 18.2 Å². The van der Waals surface area contributed by atoms with Gasteiger partial charge in [0.25, 0.3) is 0 Å². The van der Waals surface area contributed by atoms with E-state index in [1.54, 1.807) is 7.05 Å². The van der Waals surface area contributed by atoms with E-state index in [9.17, 15) is 18.0 Å². The molecule has 0 spiro atoms. The zero-order valence-electron chi connectivity index (χ0n) is 15.7. The third kappa shape index (κ3) is 3.49. The highest BCUT2D eigenvalue weighted by molar-refractivity contribution is 6.32. The van der Waals surface area contributed by atoms with Crippen molar-refractivity contribution in [2.24, 2.45) is 12.8 Å². The number of nitrogens with two attached hydrogens (primary N) is 1. The van der Waals surface area contributed by atoms with E-state index < -0.39 is 23.2 Å². The molecule has 2 N–H and O–H groups in total. The molecule has 1 heterocycles. The van der Waals surface area contributed by atoms with Gasteiger partial charge in [0.05, 0.1) is 10.6 Å². The van der Waals surface area contributed by atoms with Crippen LogP contribution >= 0.6 is 11.6 Å². The van der Waals surface area contributed by atoms with Crippen LogP contribution in [0.4, 0.5) is 13.2 Å². The number of alkyl halides is 3. The molecule has 1 aromatic heterocycles. The van der Waals surface area contributed by atoms with Crippen molar-refractivity contribution >= 4 is 17.5 Å². The van der Waals surface area contributed by atoms with Gasteiger partial charge in [-0.25, -0.2) is 0 Å². The number of benzene rings is 2. The highest BCUT2D eigenvalue weighted by Crippen LogP contribution is 2.50. The van der Waals surface area contributed by atoms with Gasteiger partial charge < -0.3 is 15.0 Å². The van der Waals surface area contributed by atoms with Crippen molar-refractivity contribution in [1.29, 1.82) is 0 Å². The third-order valence-corrected chi connectivity index (χ3v) is 5.28. The van der Waals surface area contributed by atoms with E-state index in [1.807, 2.05) is 0 Å². The molecule has 0 aliphatic heterocycles. The van der Waals surface area contributed by atoms with E-state index in [1.165, 1.54) is 41.0 Å². The standard InChI is InChI=1S/C20H16ClF3N4O2/c1-28-17(12-4-2-3-5-13(12)20(22,23)24)26-27-18(28)19(8-9-19)30-15-7-6-11(16(25)29)10-14(15)21/h2-7,10H,8-9H2,1H3,(H2,25,29). The fourth-order valence-electron chi connectivity index (χ4n) is 3.32. The molecule has 1 saturated carbocycles. The number of hydrogen-bond donors (Lipinski definition) is 1. The Labute approximate surface area is 174 Å². The summed E-state index contributed by atoms with van der Waals surface area (Å²) in [5, 5.41) is 8.33. The molecule has 2 aromatic carbocycles. The van der Waals surface area contributed by atoms with Crippen molar-refractivity contribution < 1.29 is 22.7 Å². The van der Waals surface area contributed by atoms with Crippen LogP contribution in [0.3, 0.4) is 0 Å². The zero-order valence-corrected chi connectivity index (χ0v) is 16.5. The van der Waals surface area contributed by atoms with Crippen LogP contribution in [0.1, 0.15) is 34.6 Å². The molecule has 10 heteroatoms. The van der Waals surface area contributed by atoms with Crippen LogP contribution in [-0.4, -0.2) is 20.7 Å². The molecule has 1 aliphatic carbocycles. The number of halogens is 4. The molecule has 1 amide bonds. The first-order valence-corrected chi connectivity index (χ1v) is 9.35. The smallest absolute Gasteiger partial charge is 0.417 e. The Bertz CT molecular complexity index is 1140. The molecule has 0 atom stereocenters. The van der Waals surface area contributed by atoms with E-state index in [-0.39, 0.29) is 22.0 Å². The highest BCUT2D eigenvalue weighted by atomic mass is 35.5. The average molecular weight is 437 g/mol. The Kier molecular flexibility index (Phi) is 4.73. The van der Waals surface area contributed by atoms with Gasteiger partial charge in [0.2, 0.25) is 5.91 Å². The predicted molar refractivity (Wildman–Crippen MR) is 103 cm³/mol. The molecule has 0 saturated heterocycles. The van der Waals surface area contributed by atoms with Crippen LogP contribution in [-0.2, 0) is 18.8 Å². The molecule has 6 nitrogen and oxygen atoms in total. The van der Waals surface area contributed by atoms with Crippen LogP contribution < -0.4 is 10.5 Å². The van der Waals surface area contributed by atoms with Crippen molar-refractivity contribution in [2.45, 2.75) is 24.6 Å². The summed E-state index contributed by atoms with van der Waals surface area (Å²) in [6, 6.07) is 9.62. The molecule has 1 fully saturated rings. The molecule has 30 heavy (non-hydrogen) atoms. The van der Waals surface area contributed by atoms with E-state index in [0.29, 0.717) is 24.4 Å². The molecule has 156 valence electrons. The number of rotatable bonds is 5. The first-order valence-electron chi connectivity index (χ1n) is 8.97. The Morgan fingerprint density at radius 2 is 1.90 bits per heavy atom. The van der Waals surface area contributed by atoms with E-state index >= 15 is 0 Å². The van der Waals surface area contributed by atoms with Crippen molar-refractivity contribution in [3.63, 3.8) is 0 Å². The van der Waals surface area contributed by atoms with E-state index in [2.05, 4.69) is 10.2 Å². The number of amides is 1. The molecule has 0 radical (unpaired) electrons. The minimum Gasteiger partial charge on any atom is -0.478 e. The normalized spacial score (nSPS) is 15.1. The van der Waals surface area contributed by atoms with E-state index in [4.69, 9.17) is 22.1 Å². The first-order chi connectivity index (χ1) is 14.1. The number of carbonyl (C=O) groups is 1. The maximum Gasteiger partial charge on any atom is 0.417 e. The quantitative estimate of drug-likeness (QED) is 0.645. The van der Waals surface area contributed by atoms with Crippen molar-refractivity contribution in [1.82, 2.24) is 14.8 Å². The fraction of sp³-hybridized carbons (Fsp3) is 0.250.